The number of hydrogen-bond donors (Lipinski definition) is 3. The molecule has 0 aromatic heterocycles. The molecule has 5 nitrogen and oxygen atoms in total. The lowest BCUT2D eigenvalue weighted by molar-refractivity contribution is 0.215. The Morgan fingerprint density at radius 3 is 2.91 bits per heavy atom. The summed E-state index contributed by atoms with van der Waals surface area (Å²) in [6.07, 6.45) is 0.844. The van der Waals surface area contributed by atoms with Crippen LogP contribution in [0, 0.1) is 0 Å². The summed E-state index contributed by atoms with van der Waals surface area (Å²) in [5.74, 6) is 0.563. The molecule has 0 radical (unpaired) electrons. The van der Waals surface area contributed by atoms with E-state index in [1.165, 1.54) is 5.56 Å². The van der Waals surface area contributed by atoms with Crippen molar-refractivity contribution in [1.29, 1.82) is 0 Å². The summed E-state index contributed by atoms with van der Waals surface area (Å²) in [6.45, 7) is 3.23. The first-order valence-corrected chi connectivity index (χ1v) is 7.83. The highest BCUT2D eigenvalue weighted by molar-refractivity contribution is 5.86. The molecule has 2 aromatic rings. The zero-order valence-electron chi connectivity index (χ0n) is 12.9. The van der Waals surface area contributed by atoms with Gasteiger partial charge in [-0.25, -0.2) is 4.79 Å². The van der Waals surface area contributed by atoms with Gasteiger partial charge in [0.25, 0.3) is 0 Å². The van der Waals surface area contributed by atoms with Gasteiger partial charge in [0.2, 0.25) is 0 Å². The van der Waals surface area contributed by atoms with Crippen LogP contribution in [0.5, 0.6) is 5.75 Å². The second kappa shape index (κ2) is 5.28. The Labute approximate surface area is 135 Å². The van der Waals surface area contributed by atoms with Crippen LogP contribution in [0.15, 0.2) is 48.5 Å². The number of fused-ring (bicyclic) bond motifs is 3. The van der Waals surface area contributed by atoms with Crippen molar-refractivity contribution >= 4 is 17.5 Å². The lowest BCUT2D eigenvalue weighted by Crippen LogP contribution is -2.38. The third kappa shape index (κ3) is 2.43. The van der Waals surface area contributed by atoms with Crippen molar-refractivity contribution in [3.63, 3.8) is 0 Å². The van der Waals surface area contributed by atoms with Crippen molar-refractivity contribution in [2.24, 2.45) is 0 Å². The molecule has 2 aliphatic rings. The van der Waals surface area contributed by atoms with E-state index in [1.54, 1.807) is 0 Å². The van der Waals surface area contributed by atoms with Gasteiger partial charge in [0, 0.05) is 16.8 Å². The van der Waals surface area contributed by atoms with E-state index in [0.717, 1.165) is 18.7 Å². The number of nitrogens with one attached hydrogen (secondary N) is 3. The van der Waals surface area contributed by atoms with Gasteiger partial charge in [-0.15, -0.1) is 0 Å². The number of carbonyl (C=O) groups is 1. The van der Waals surface area contributed by atoms with E-state index in [4.69, 9.17) is 4.74 Å². The maximum Gasteiger partial charge on any atom is 0.417 e. The maximum absolute atomic E-state index is 12.0. The number of ether oxygens (including phenoxy) is 1. The molecule has 0 bridgehead atoms. The average Bonchev–Trinajstić information content (AvgIpc) is 3.03. The Morgan fingerprint density at radius 1 is 1.26 bits per heavy atom. The molecular weight excluding hydrogens is 290 g/mol. The van der Waals surface area contributed by atoms with Crippen molar-refractivity contribution in [2.75, 3.05) is 17.2 Å². The van der Waals surface area contributed by atoms with Gasteiger partial charge in [-0.2, -0.15) is 0 Å². The van der Waals surface area contributed by atoms with Crippen LogP contribution in [0.1, 0.15) is 18.9 Å². The Kier molecular flexibility index (Phi) is 3.23. The standard InChI is InChI=1S/C18H19N3O2/c1-18-9-10-19-16(18)21-15-8-7-13(11-14(15)18)23-17(22)20-12-5-3-2-4-6-12/h2-8,11,16,19,21H,9-10H2,1H3,(H,20,22)/t16-,18+/m1/s1. The first-order valence-electron chi connectivity index (χ1n) is 7.83. The van der Waals surface area contributed by atoms with Crippen LogP contribution < -0.4 is 20.7 Å². The van der Waals surface area contributed by atoms with Gasteiger partial charge in [0.15, 0.2) is 0 Å². The zero-order valence-corrected chi connectivity index (χ0v) is 12.9. The molecule has 0 unspecified atom stereocenters. The van der Waals surface area contributed by atoms with E-state index < -0.39 is 6.09 Å². The lowest BCUT2D eigenvalue weighted by atomic mass is 9.81. The van der Waals surface area contributed by atoms with Gasteiger partial charge < -0.3 is 10.1 Å². The Balaban J connectivity index is 1.52. The second-order valence-electron chi connectivity index (χ2n) is 6.29. The van der Waals surface area contributed by atoms with Gasteiger partial charge >= 0.3 is 6.09 Å². The maximum atomic E-state index is 12.0. The van der Waals surface area contributed by atoms with Crippen molar-refractivity contribution < 1.29 is 9.53 Å². The molecule has 118 valence electrons. The fourth-order valence-corrected chi connectivity index (χ4v) is 3.46. The van der Waals surface area contributed by atoms with Crippen LogP contribution in [-0.4, -0.2) is 18.8 Å². The van der Waals surface area contributed by atoms with Gasteiger partial charge in [-0.1, -0.05) is 25.1 Å². The van der Waals surface area contributed by atoms with Crippen molar-refractivity contribution in [2.45, 2.75) is 24.9 Å². The number of para-hydroxylation sites is 1. The number of rotatable bonds is 2. The highest BCUT2D eigenvalue weighted by atomic mass is 16.6. The molecule has 0 spiro atoms. The summed E-state index contributed by atoms with van der Waals surface area (Å²) >= 11 is 0. The summed E-state index contributed by atoms with van der Waals surface area (Å²) in [4.78, 5) is 12.0. The first-order chi connectivity index (χ1) is 11.1. The largest absolute Gasteiger partial charge is 0.417 e. The third-order valence-corrected chi connectivity index (χ3v) is 4.77. The molecule has 5 heteroatoms. The highest BCUT2D eigenvalue weighted by Crippen LogP contribution is 2.46. The highest BCUT2D eigenvalue weighted by Gasteiger charge is 2.46. The number of anilines is 2. The minimum absolute atomic E-state index is 0.0462. The molecule has 23 heavy (non-hydrogen) atoms. The minimum atomic E-state index is -0.478. The van der Waals surface area contributed by atoms with Crippen molar-refractivity contribution in [3.05, 3.63) is 54.1 Å². The van der Waals surface area contributed by atoms with E-state index >= 15 is 0 Å². The predicted octanol–water partition coefficient (Wildman–Crippen LogP) is 3.30. The van der Waals surface area contributed by atoms with Crippen molar-refractivity contribution in [3.8, 4) is 5.75 Å². The molecule has 1 fully saturated rings. The number of hydrogen-bond acceptors (Lipinski definition) is 4. The second-order valence-corrected chi connectivity index (χ2v) is 6.29. The van der Waals surface area contributed by atoms with Crippen LogP contribution in [0.3, 0.4) is 0 Å². The summed E-state index contributed by atoms with van der Waals surface area (Å²) < 4.78 is 5.44. The average molecular weight is 309 g/mol. The van der Waals surface area contributed by atoms with Gasteiger partial charge in [-0.05, 0) is 48.9 Å². The minimum Gasteiger partial charge on any atom is -0.410 e. The molecule has 2 aromatic carbocycles. The predicted molar refractivity (Wildman–Crippen MR) is 89.9 cm³/mol. The van der Waals surface area contributed by atoms with Gasteiger partial charge in [0.1, 0.15) is 5.75 Å². The van der Waals surface area contributed by atoms with E-state index in [1.807, 2.05) is 48.5 Å². The molecule has 3 N–H and O–H groups in total. The fourth-order valence-electron chi connectivity index (χ4n) is 3.46. The van der Waals surface area contributed by atoms with Crippen LogP contribution >= 0.6 is 0 Å². The van der Waals surface area contributed by atoms with E-state index in [-0.39, 0.29) is 11.6 Å². The van der Waals surface area contributed by atoms with Crippen LogP contribution in [0.25, 0.3) is 0 Å². The molecule has 4 rings (SSSR count). The van der Waals surface area contributed by atoms with E-state index in [2.05, 4.69) is 22.9 Å². The van der Waals surface area contributed by atoms with Gasteiger partial charge in [-0.3, -0.25) is 10.6 Å². The monoisotopic (exact) mass is 309 g/mol. The normalized spacial score (nSPS) is 24.5. The first kappa shape index (κ1) is 14.1. The summed E-state index contributed by atoms with van der Waals surface area (Å²) in [6, 6.07) is 15.0. The molecule has 2 atom stereocenters. The lowest BCUT2D eigenvalue weighted by Gasteiger charge is -2.23. The number of amides is 1. The molecule has 1 saturated heterocycles. The summed E-state index contributed by atoms with van der Waals surface area (Å²) in [5.41, 5.74) is 3.08. The third-order valence-electron chi connectivity index (χ3n) is 4.77. The molecule has 1 amide bonds. The van der Waals surface area contributed by atoms with Crippen LogP contribution in [0.2, 0.25) is 0 Å². The van der Waals surface area contributed by atoms with E-state index in [0.29, 0.717) is 11.4 Å². The van der Waals surface area contributed by atoms with Crippen LogP contribution in [-0.2, 0) is 5.41 Å². The SMILES string of the molecule is C[C@@]12CCN[C@@H]1Nc1ccc(OC(=O)Nc3ccccc3)cc12. The Hall–Kier alpha value is -2.53. The van der Waals surface area contributed by atoms with Crippen molar-refractivity contribution in [1.82, 2.24) is 5.32 Å². The van der Waals surface area contributed by atoms with Gasteiger partial charge in [0.05, 0.1) is 6.17 Å². The fraction of sp³-hybridized carbons (Fsp3) is 0.278. The molecular formula is C18H19N3O2. The Morgan fingerprint density at radius 2 is 2.09 bits per heavy atom. The molecule has 2 aliphatic heterocycles. The quantitative estimate of drug-likeness (QED) is 0.796. The molecule has 0 aliphatic carbocycles. The van der Waals surface area contributed by atoms with E-state index in [9.17, 15) is 4.79 Å². The molecule has 2 heterocycles. The topological polar surface area (TPSA) is 62.4 Å². The molecule has 0 saturated carbocycles. The smallest absolute Gasteiger partial charge is 0.410 e. The summed E-state index contributed by atoms with van der Waals surface area (Å²) in [7, 11) is 0. The Bertz CT molecular complexity index is 747. The number of benzene rings is 2. The summed E-state index contributed by atoms with van der Waals surface area (Å²) in [5, 5.41) is 9.68. The van der Waals surface area contributed by atoms with Crippen LogP contribution in [0.4, 0.5) is 16.2 Å². The zero-order chi connectivity index (χ0) is 15.9. The number of carbonyl (C=O) groups excluding carboxylic acids is 1.